The lowest BCUT2D eigenvalue weighted by molar-refractivity contribution is 0.172. The molecule has 1 saturated heterocycles. The third-order valence-corrected chi connectivity index (χ3v) is 4.66. The van der Waals surface area contributed by atoms with E-state index in [-0.39, 0.29) is 6.61 Å². The quantitative estimate of drug-likeness (QED) is 0.769. The molecule has 3 aromatic rings. The number of aromatic nitrogens is 2. The molecule has 0 spiro atoms. The summed E-state index contributed by atoms with van der Waals surface area (Å²) in [5, 5.41) is 13.2. The first kappa shape index (κ1) is 16.1. The first-order valence-corrected chi connectivity index (χ1v) is 8.61. The van der Waals surface area contributed by atoms with Crippen molar-refractivity contribution in [3.05, 3.63) is 59.9 Å². The highest BCUT2D eigenvalue weighted by molar-refractivity contribution is 5.53. The third-order valence-electron chi connectivity index (χ3n) is 4.66. The molecule has 25 heavy (non-hydrogen) atoms. The Morgan fingerprint density at radius 1 is 1.04 bits per heavy atom. The van der Waals surface area contributed by atoms with E-state index in [1.807, 2.05) is 42.5 Å². The second-order valence-electron chi connectivity index (χ2n) is 6.40. The van der Waals surface area contributed by atoms with Crippen LogP contribution in [0, 0.1) is 0 Å². The van der Waals surface area contributed by atoms with Gasteiger partial charge in [0, 0.05) is 11.5 Å². The molecule has 1 aromatic carbocycles. The molecule has 0 unspecified atom stereocenters. The van der Waals surface area contributed by atoms with E-state index in [0.717, 1.165) is 49.7 Å². The number of hydrogen-bond acceptors (Lipinski definition) is 6. The van der Waals surface area contributed by atoms with Crippen molar-refractivity contribution >= 4 is 0 Å². The van der Waals surface area contributed by atoms with E-state index in [2.05, 4.69) is 15.0 Å². The van der Waals surface area contributed by atoms with Gasteiger partial charge in [0.05, 0.1) is 6.54 Å². The van der Waals surface area contributed by atoms with Crippen LogP contribution in [0.5, 0.6) is 0 Å². The second-order valence-corrected chi connectivity index (χ2v) is 6.40. The second kappa shape index (κ2) is 7.21. The molecule has 2 aromatic heterocycles. The third kappa shape index (κ3) is 3.65. The maximum Gasteiger partial charge on any atom is 0.230 e. The lowest BCUT2D eigenvalue weighted by atomic mass is 9.96. The number of aliphatic hydroxyl groups is 1. The average molecular weight is 339 g/mol. The molecule has 1 N–H and O–H groups in total. The van der Waals surface area contributed by atoms with Gasteiger partial charge in [-0.1, -0.05) is 35.5 Å². The lowest BCUT2D eigenvalue weighted by Crippen LogP contribution is -2.32. The molecular weight excluding hydrogens is 318 g/mol. The van der Waals surface area contributed by atoms with Crippen LogP contribution in [0.2, 0.25) is 0 Å². The Balaban J connectivity index is 1.35. The zero-order chi connectivity index (χ0) is 17.1. The molecule has 6 nitrogen and oxygen atoms in total. The molecule has 4 rings (SSSR count). The van der Waals surface area contributed by atoms with Gasteiger partial charge in [-0.15, -0.1) is 0 Å². The van der Waals surface area contributed by atoms with Gasteiger partial charge < -0.3 is 14.0 Å². The van der Waals surface area contributed by atoms with Crippen LogP contribution >= 0.6 is 0 Å². The monoisotopic (exact) mass is 339 g/mol. The van der Waals surface area contributed by atoms with E-state index < -0.39 is 0 Å². The van der Waals surface area contributed by atoms with Crippen LogP contribution in [0.25, 0.3) is 11.4 Å². The fraction of sp³-hybridized carbons (Fsp3) is 0.368. The predicted octanol–water partition coefficient (Wildman–Crippen LogP) is 3.20. The summed E-state index contributed by atoms with van der Waals surface area (Å²) in [6.07, 6.45) is 1.98. The smallest absolute Gasteiger partial charge is 0.230 e. The largest absolute Gasteiger partial charge is 0.462 e. The number of piperidine rings is 1. The summed E-state index contributed by atoms with van der Waals surface area (Å²) in [4.78, 5) is 6.94. The molecule has 6 heteroatoms. The van der Waals surface area contributed by atoms with Crippen molar-refractivity contribution in [2.45, 2.75) is 31.9 Å². The maximum atomic E-state index is 9.07. The Hall–Kier alpha value is -2.44. The van der Waals surface area contributed by atoms with Gasteiger partial charge in [-0.2, -0.15) is 4.98 Å². The number of benzene rings is 1. The number of likely N-dealkylation sites (tertiary alicyclic amines) is 1. The van der Waals surface area contributed by atoms with E-state index in [9.17, 15) is 0 Å². The van der Waals surface area contributed by atoms with Crippen molar-refractivity contribution in [3.63, 3.8) is 0 Å². The Labute approximate surface area is 146 Å². The summed E-state index contributed by atoms with van der Waals surface area (Å²) in [5.41, 5.74) is 0.979. The highest BCUT2D eigenvalue weighted by Crippen LogP contribution is 2.29. The summed E-state index contributed by atoms with van der Waals surface area (Å²) >= 11 is 0. The Bertz CT molecular complexity index is 804. The lowest BCUT2D eigenvalue weighted by Gasteiger charge is -2.29. The first-order valence-electron chi connectivity index (χ1n) is 8.61. The van der Waals surface area contributed by atoms with Crippen molar-refractivity contribution in [1.29, 1.82) is 0 Å². The minimum atomic E-state index is -0.0526. The molecule has 0 amide bonds. The van der Waals surface area contributed by atoms with Gasteiger partial charge in [0.15, 0.2) is 0 Å². The van der Waals surface area contributed by atoms with E-state index in [0.29, 0.717) is 17.5 Å². The minimum absolute atomic E-state index is 0.0526. The number of rotatable bonds is 5. The Morgan fingerprint density at radius 3 is 2.52 bits per heavy atom. The van der Waals surface area contributed by atoms with Gasteiger partial charge in [-0.05, 0) is 38.1 Å². The van der Waals surface area contributed by atoms with Crippen LogP contribution in [-0.2, 0) is 13.2 Å². The van der Waals surface area contributed by atoms with Gasteiger partial charge in [0.25, 0.3) is 0 Å². The zero-order valence-corrected chi connectivity index (χ0v) is 14.0. The van der Waals surface area contributed by atoms with Crippen LogP contribution in [0.4, 0.5) is 0 Å². The van der Waals surface area contributed by atoms with Crippen molar-refractivity contribution < 1.29 is 14.0 Å². The number of furan rings is 1. The molecule has 1 aliphatic rings. The normalized spacial score (nSPS) is 16.4. The molecule has 3 heterocycles. The summed E-state index contributed by atoms with van der Waals surface area (Å²) in [6.45, 7) is 2.64. The molecule has 0 atom stereocenters. The average Bonchev–Trinajstić information content (AvgIpc) is 3.33. The van der Waals surface area contributed by atoms with Gasteiger partial charge in [0.2, 0.25) is 11.7 Å². The van der Waals surface area contributed by atoms with Crippen LogP contribution in [0.15, 0.2) is 51.4 Å². The fourth-order valence-electron chi connectivity index (χ4n) is 3.26. The standard InChI is InChI=1S/C19H21N3O3/c23-13-17-7-6-16(24-17)12-22-10-8-15(9-11-22)19-20-18(21-25-19)14-4-2-1-3-5-14/h1-7,15,23H,8-13H2. The van der Waals surface area contributed by atoms with Crippen LogP contribution in [0.3, 0.4) is 0 Å². The molecule has 0 radical (unpaired) electrons. The SMILES string of the molecule is OCc1ccc(CN2CCC(c3nc(-c4ccccc4)no3)CC2)o1. The van der Waals surface area contributed by atoms with Crippen molar-refractivity contribution in [2.75, 3.05) is 13.1 Å². The molecule has 0 saturated carbocycles. The van der Waals surface area contributed by atoms with Crippen LogP contribution < -0.4 is 0 Å². The van der Waals surface area contributed by atoms with Gasteiger partial charge in [-0.3, -0.25) is 4.90 Å². The summed E-state index contributed by atoms with van der Waals surface area (Å²) < 4.78 is 11.1. The molecule has 0 aliphatic carbocycles. The van der Waals surface area contributed by atoms with E-state index in [4.69, 9.17) is 14.0 Å². The zero-order valence-electron chi connectivity index (χ0n) is 14.0. The summed E-state index contributed by atoms with van der Waals surface area (Å²) in [6, 6.07) is 13.7. The number of aliphatic hydroxyl groups excluding tert-OH is 1. The summed E-state index contributed by atoms with van der Waals surface area (Å²) in [5.74, 6) is 3.21. The van der Waals surface area contributed by atoms with Gasteiger partial charge in [0.1, 0.15) is 18.1 Å². The molecule has 1 aliphatic heterocycles. The first-order chi connectivity index (χ1) is 12.3. The van der Waals surface area contributed by atoms with Crippen LogP contribution in [0.1, 0.15) is 36.2 Å². The van der Waals surface area contributed by atoms with Crippen molar-refractivity contribution in [1.82, 2.24) is 15.0 Å². The van der Waals surface area contributed by atoms with E-state index >= 15 is 0 Å². The van der Waals surface area contributed by atoms with Crippen molar-refractivity contribution in [3.8, 4) is 11.4 Å². The maximum absolute atomic E-state index is 9.07. The van der Waals surface area contributed by atoms with Gasteiger partial charge >= 0.3 is 0 Å². The summed E-state index contributed by atoms with van der Waals surface area (Å²) in [7, 11) is 0. The van der Waals surface area contributed by atoms with Crippen LogP contribution in [-0.4, -0.2) is 33.2 Å². The highest BCUT2D eigenvalue weighted by Gasteiger charge is 2.25. The van der Waals surface area contributed by atoms with E-state index in [1.165, 1.54) is 0 Å². The topological polar surface area (TPSA) is 75.5 Å². The van der Waals surface area contributed by atoms with Gasteiger partial charge in [-0.25, -0.2) is 0 Å². The molecule has 1 fully saturated rings. The molecule has 130 valence electrons. The minimum Gasteiger partial charge on any atom is -0.462 e. The molecular formula is C19H21N3O3. The number of nitrogens with zero attached hydrogens (tertiary/aromatic N) is 3. The van der Waals surface area contributed by atoms with E-state index in [1.54, 1.807) is 0 Å². The predicted molar refractivity (Wildman–Crippen MR) is 91.6 cm³/mol. The Kier molecular flexibility index (Phi) is 4.63. The Morgan fingerprint density at radius 2 is 1.80 bits per heavy atom. The number of hydrogen-bond donors (Lipinski definition) is 1. The molecule has 0 bridgehead atoms. The highest BCUT2D eigenvalue weighted by atomic mass is 16.5. The fourth-order valence-corrected chi connectivity index (χ4v) is 3.26. The van der Waals surface area contributed by atoms with Crippen molar-refractivity contribution in [2.24, 2.45) is 0 Å².